The Morgan fingerprint density at radius 1 is 1.07 bits per heavy atom. The first-order valence-corrected chi connectivity index (χ1v) is 11.1. The molecule has 0 saturated carbocycles. The lowest BCUT2D eigenvalue weighted by Crippen LogP contribution is -2.50. The van der Waals surface area contributed by atoms with Gasteiger partial charge < -0.3 is 4.74 Å². The maximum absolute atomic E-state index is 6.35. The largest absolute Gasteiger partial charge is 0.375 e. The van der Waals surface area contributed by atoms with E-state index in [0.717, 1.165) is 44.7 Å². The fourth-order valence-electron chi connectivity index (χ4n) is 4.90. The minimum atomic E-state index is -0.160. The topological polar surface area (TPSA) is 25.4 Å². The number of hydrogen-bond donors (Lipinski definition) is 0. The molecular weight excluding hydrogens is 356 g/mol. The molecule has 0 bridgehead atoms. The van der Waals surface area contributed by atoms with Gasteiger partial charge in [-0.05, 0) is 84.5 Å². The second kappa shape index (κ2) is 8.57. The van der Waals surface area contributed by atoms with Crippen LogP contribution in [0.15, 0.2) is 48.7 Å². The van der Waals surface area contributed by atoms with Crippen molar-refractivity contribution in [1.29, 1.82) is 0 Å². The molecule has 1 aromatic heterocycles. The van der Waals surface area contributed by atoms with E-state index in [1.807, 2.05) is 13.1 Å². The van der Waals surface area contributed by atoms with Gasteiger partial charge in [0.15, 0.2) is 0 Å². The third-order valence-corrected chi connectivity index (χ3v) is 7.28. The maximum atomic E-state index is 6.35. The van der Waals surface area contributed by atoms with Crippen LogP contribution in [0.1, 0.15) is 64.3 Å². The standard InChI is InChI=1S/C26H38N2O/c1-7-29-25(5,6)26(16-15-22-11-9-8-10-12-22)17-18-28(20-26)24(3,4)23-14-13-21(2)27-19-23/h8-14,19H,7,15-18,20H2,1-6H3/t26-/m1/s1. The van der Waals surface area contributed by atoms with E-state index < -0.39 is 0 Å². The van der Waals surface area contributed by atoms with E-state index in [2.05, 4.69) is 87.0 Å². The van der Waals surface area contributed by atoms with Crippen LogP contribution in [0.2, 0.25) is 0 Å². The van der Waals surface area contributed by atoms with Gasteiger partial charge in [-0.25, -0.2) is 0 Å². The van der Waals surface area contributed by atoms with Crippen molar-refractivity contribution >= 4 is 0 Å². The first-order valence-electron chi connectivity index (χ1n) is 11.1. The Kier molecular flexibility index (Phi) is 6.50. The van der Waals surface area contributed by atoms with Crippen molar-refractivity contribution in [2.24, 2.45) is 5.41 Å². The summed E-state index contributed by atoms with van der Waals surface area (Å²) in [5.41, 5.74) is 3.70. The number of ether oxygens (including phenoxy) is 1. The van der Waals surface area contributed by atoms with Gasteiger partial charge in [0.05, 0.1) is 5.60 Å². The van der Waals surface area contributed by atoms with Gasteiger partial charge in [-0.3, -0.25) is 9.88 Å². The number of likely N-dealkylation sites (tertiary alicyclic amines) is 1. The Balaban J connectivity index is 1.84. The third-order valence-electron chi connectivity index (χ3n) is 7.28. The zero-order valence-electron chi connectivity index (χ0n) is 19.2. The molecule has 0 unspecified atom stereocenters. The quantitative estimate of drug-likeness (QED) is 0.569. The van der Waals surface area contributed by atoms with Crippen LogP contribution < -0.4 is 0 Å². The van der Waals surface area contributed by atoms with Gasteiger partial charge in [0.25, 0.3) is 0 Å². The average molecular weight is 395 g/mol. The van der Waals surface area contributed by atoms with Crippen molar-refractivity contribution in [3.05, 3.63) is 65.5 Å². The molecule has 1 saturated heterocycles. The molecule has 3 nitrogen and oxygen atoms in total. The molecule has 3 rings (SSSR count). The van der Waals surface area contributed by atoms with Crippen LogP contribution in [0.4, 0.5) is 0 Å². The monoisotopic (exact) mass is 394 g/mol. The normalized spacial score (nSPS) is 20.9. The molecule has 1 aliphatic heterocycles. The number of pyridine rings is 1. The highest BCUT2D eigenvalue weighted by atomic mass is 16.5. The number of nitrogens with zero attached hydrogens (tertiary/aromatic N) is 2. The fourth-order valence-corrected chi connectivity index (χ4v) is 4.90. The van der Waals surface area contributed by atoms with Gasteiger partial charge in [-0.15, -0.1) is 0 Å². The highest BCUT2D eigenvalue weighted by molar-refractivity contribution is 5.23. The smallest absolute Gasteiger partial charge is 0.0695 e. The average Bonchev–Trinajstić information content (AvgIpc) is 3.15. The SMILES string of the molecule is CCOC(C)(C)[C@]1(CCc2ccccc2)CCN(C(C)(C)c2ccc(C)nc2)C1. The molecule has 29 heavy (non-hydrogen) atoms. The lowest BCUT2D eigenvalue weighted by atomic mass is 9.69. The molecule has 0 aliphatic carbocycles. The van der Waals surface area contributed by atoms with Gasteiger partial charge in [-0.2, -0.15) is 0 Å². The second-order valence-corrected chi connectivity index (χ2v) is 9.63. The van der Waals surface area contributed by atoms with Crippen molar-refractivity contribution in [2.75, 3.05) is 19.7 Å². The van der Waals surface area contributed by atoms with E-state index in [-0.39, 0.29) is 16.6 Å². The van der Waals surface area contributed by atoms with Gasteiger partial charge in [-0.1, -0.05) is 36.4 Å². The molecule has 0 radical (unpaired) electrons. The van der Waals surface area contributed by atoms with Crippen LogP contribution in [-0.4, -0.2) is 35.2 Å². The van der Waals surface area contributed by atoms with E-state index in [1.54, 1.807) is 0 Å². The molecule has 158 valence electrons. The Morgan fingerprint density at radius 2 is 1.79 bits per heavy atom. The first-order chi connectivity index (χ1) is 13.7. The Labute approximate surface area is 177 Å². The molecule has 0 spiro atoms. The van der Waals surface area contributed by atoms with E-state index in [0.29, 0.717) is 0 Å². The Morgan fingerprint density at radius 3 is 2.41 bits per heavy atom. The van der Waals surface area contributed by atoms with Crippen LogP contribution in [0.25, 0.3) is 0 Å². The zero-order chi connectivity index (χ0) is 21.1. The van der Waals surface area contributed by atoms with Gasteiger partial charge >= 0.3 is 0 Å². The maximum Gasteiger partial charge on any atom is 0.0695 e. The summed E-state index contributed by atoms with van der Waals surface area (Å²) in [5.74, 6) is 0. The summed E-state index contributed by atoms with van der Waals surface area (Å²) >= 11 is 0. The summed E-state index contributed by atoms with van der Waals surface area (Å²) in [4.78, 5) is 7.20. The molecule has 2 aromatic rings. The van der Waals surface area contributed by atoms with Crippen LogP contribution in [0.3, 0.4) is 0 Å². The van der Waals surface area contributed by atoms with Crippen molar-refractivity contribution in [2.45, 2.75) is 71.9 Å². The number of aromatic nitrogens is 1. The van der Waals surface area contributed by atoms with Gasteiger partial charge in [0.2, 0.25) is 0 Å². The number of rotatable bonds is 8. The van der Waals surface area contributed by atoms with Crippen LogP contribution in [-0.2, 0) is 16.7 Å². The first kappa shape index (κ1) is 22.0. The number of hydrogen-bond acceptors (Lipinski definition) is 3. The summed E-state index contributed by atoms with van der Waals surface area (Å²) in [6.07, 6.45) is 5.45. The van der Waals surface area contributed by atoms with Crippen molar-refractivity contribution in [3.63, 3.8) is 0 Å². The number of benzene rings is 1. The minimum absolute atomic E-state index is 0.0442. The highest BCUT2D eigenvalue weighted by Crippen LogP contribution is 2.49. The lowest BCUT2D eigenvalue weighted by Gasteiger charge is -2.46. The molecule has 3 heteroatoms. The summed E-state index contributed by atoms with van der Waals surface area (Å²) in [7, 11) is 0. The highest BCUT2D eigenvalue weighted by Gasteiger charge is 2.52. The van der Waals surface area contributed by atoms with Crippen LogP contribution >= 0.6 is 0 Å². The van der Waals surface area contributed by atoms with E-state index in [4.69, 9.17) is 4.74 Å². The minimum Gasteiger partial charge on any atom is -0.375 e. The van der Waals surface area contributed by atoms with E-state index in [1.165, 1.54) is 11.1 Å². The lowest BCUT2D eigenvalue weighted by molar-refractivity contribution is -0.109. The molecule has 1 aliphatic rings. The van der Waals surface area contributed by atoms with Crippen molar-refractivity contribution < 1.29 is 4.74 Å². The summed E-state index contributed by atoms with van der Waals surface area (Å²) < 4.78 is 6.35. The summed E-state index contributed by atoms with van der Waals surface area (Å²) in [6.45, 7) is 16.3. The summed E-state index contributed by atoms with van der Waals surface area (Å²) in [6, 6.07) is 15.2. The predicted molar refractivity (Wildman–Crippen MR) is 121 cm³/mol. The van der Waals surface area contributed by atoms with Crippen molar-refractivity contribution in [1.82, 2.24) is 9.88 Å². The molecule has 0 amide bonds. The molecule has 1 fully saturated rings. The van der Waals surface area contributed by atoms with Crippen LogP contribution in [0.5, 0.6) is 0 Å². The molecule has 1 atom stereocenters. The predicted octanol–water partition coefficient (Wildman–Crippen LogP) is 5.77. The second-order valence-electron chi connectivity index (χ2n) is 9.63. The molecular formula is C26H38N2O. The van der Waals surface area contributed by atoms with E-state index in [9.17, 15) is 0 Å². The van der Waals surface area contributed by atoms with Crippen LogP contribution in [0, 0.1) is 12.3 Å². The molecule has 0 N–H and O–H groups in total. The number of aryl methyl sites for hydroxylation is 2. The third kappa shape index (κ3) is 4.57. The molecule has 2 heterocycles. The van der Waals surface area contributed by atoms with Crippen molar-refractivity contribution in [3.8, 4) is 0 Å². The fraction of sp³-hybridized carbons (Fsp3) is 0.577. The Bertz CT molecular complexity index is 782. The zero-order valence-corrected chi connectivity index (χ0v) is 19.2. The molecule has 1 aromatic carbocycles. The van der Waals surface area contributed by atoms with Gasteiger partial charge in [0, 0.05) is 36.0 Å². The van der Waals surface area contributed by atoms with Gasteiger partial charge in [0.1, 0.15) is 0 Å². The summed E-state index contributed by atoms with van der Waals surface area (Å²) in [5, 5.41) is 0. The van der Waals surface area contributed by atoms with E-state index >= 15 is 0 Å². The Hall–Kier alpha value is -1.71.